The Balaban J connectivity index is 2.77. The standard InChI is InChI=1S/C12H21F3N2O/c1-8(2)9-4-3-5-11(6-9,10(16)18)17-7-12(13,14)15/h8-9,17H,3-7H2,1-2H3,(H2,16,18). The number of halogens is 3. The van der Waals surface area contributed by atoms with Gasteiger partial charge < -0.3 is 5.73 Å². The lowest BCUT2D eigenvalue weighted by Gasteiger charge is -2.41. The summed E-state index contributed by atoms with van der Waals surface area (Å²) in [6.07, 6.45) is -1.86. The molecule has 1 aliphatic carbocycles. The molecule has 0 aliphatic heterocycles. The molecule has 2 atom stereocenters. The summed E-state index contributed by atoms with van der Waals surface area (Å²) >= 11 is 0. The molecule has 2 unspecified atom stereocenters. The number of alkyl halides is 3. The molecule has 3 N–H and O–H groups in total. The summed E-state index contributed by atoms with van der Waals surface area (Å²) in [6.45, 7) is 2.87. The Labute approximate surface area is 105 Å². The first-order valence-corrected chi connectivity index (χ1v) is 6.28. The van der Waals surface area contributed by atoms with Gasteiger partial charge in [0.2, 0.25) is 5.91 Å². The predicted octanol–water partition coefficient (Wildman–Crippen LogP) is 2.21. The monoisotopic (exact) mass is 266 g/mol. The summed E-state index contributed by atoms with van der Waals surface area (Å²) in [5.41, 5.74) is 4.13. The van der Waals surface area contributed by atoms with Crippen LogP contribution in [0.25, 0.3) is 0 Å². The van der Waals surface area contributed by atoms with E-state index in [0.29, 0.717) is 18.8 Å². The number of hydrogen-bond donors (Lipinski definition) is 2. The first-order valence-electron chi connectivity index (χ1n) is 6.28. The van der Waals surface area contributed by atoms with Crippen LogP contribution >= 0.6 is 0 Å². The van der Waals surface area contributed by atoms with E-state index in [1.807, 2.05) is 13.8 Å². The molecule has 1 fully saturated rings. The van der Waals surface area contributed by atoms with Crippen molar-refractivity contribution < 1.29 is 18.0 Å². The predicted molar refractivity (Wildman–Crippen MR) is 62.8 cm³/mol. The lowest BCUT2D eigenvalue weighted by atomic mass is 9.71. The van der Waals surface area contributed by atoms with Gasteiger partial charge in [0.25, 0.3) is 0 Å². The van der Waals surface area contributed by atoms with E-state index in [1.165, 1.54) is 0 Å². The van der Waals surface area contributed by atoms with Crippen molar-refractivity contribution in [3.63, 3.8) is 0 Å². The normalized spacial score (nSPS) is 29.6. The van der Waals surface area contributed by atoms with Crippen molar-refractivity contribution >= 4 is 5.91 Å². The summed E-state index contributed by atoms with van der Waals surface area (Å²) in [5.74, 6) is -0.0826. The molecule has 6 heteroatoms. The first-order chi connectivity index (χ1) is 8.16. The molecule has 0 aromatic carbocycles. The SMILES string of the molecule is CC(C)C1CCCC(NCC(F)(F)F)(C(N)=O)C1. The third-order valence-electron chi connectivity index (χ3n) is 3.83. The maximum Gasteiger partial charge on any atom is 0.401 e. The molecular formula is C12H21F3N2O. The zero-order chi connectivity index (χ0) is 14.0. The molecule has 1 aliphatic rings. The summed E-state index contributed by atoms with van der Waals surface area (Å²) in [6, 6.07) is 0. The fraction of sp³-hybridized carbons (Fsp3) is 0.917. The molecule has 1 amide bonds. The highest BCUT2D eigenvalue weighted by atomic mass is 19.4. The molecule has 0 heterocycles. The van der Waals surface area contributed by atoms with Gasteiger partial charge in [0.1, 0.15) is 0 Å². The highest BCUT2D eigenvalue weighted by Crippen LogP contribution is 2.36. The van der Waals surface area contributed by atoms with E-state index in [9.17, 15) is 18.0 Å². The van der Waals surface area contributed by atoms with Crippen LogP contribution in [0.1, 0.15) is 39.5 Å². The van der Waals surface area contributed by atoms with Crippen LogP contribution in [0.5, 0.6) is 0 Å². The summed E-state index contributed by atoms with van der Waals surface area (Å²) in [4.78, 5) is 11.6. The van der Waals surface area contributed by atoms with Gasteiger partial charge in [-0.2, -0.15) is 13.2 Å². The van der Waals surface area contributed by atoms with Crippen LogP contribution in [0.4, 0.5) is 13.2 Å². The van der Waals surface area contributed by atoms with E-state index in [0.717, 1.165) is 12.8 Å². The lowest BCUT2D eigenvalue weighted by molar-refractivity contribution is -0.138. The van der Waals surface area contributed by atoms with Gasteiger partial charge in [-0.1, -0.05) is 26.7 Å². The Hall–Kier alpha value is -0.780. The van der Waals surface area contributed by atoms with Gasteiger partial charge >= 0.3 is 6.18 Å². The smallest absolute Gasteiger partial charge is 0.368 e. The summed E-state index contributed by atoms with van der Waals surface area (Å²) < 4.78 is 36.9. The van der Waals surface area contributed by atoms with Gasteiger partial charge in [0, 0.05) is 0 Å². The highest BCUT2D eigenvalue weighted by Gasteiger charge is 2.44. The van der Waals surface area contributed by atoms with Crippen molar-refractivity contribution in [1.82, 2.24) is 5.32 Å². The maximum absolute atomic E-state index is 12.3. The molecule has 0 spiro atoms. The number of nitrogens with two attached hydrogens (primary N) is 1. The largest absolute Gasteiger partial charge is 0.401 e. The highest BCUT2D eigenvalue weighted by molar-refractivity contribution is 5.84. The minimum absolute atomic E-state index is 0.243. The van der Waals surface area contributed by atoms with Crippen LogP contribution in [0, 0.1) is 11.8 Å². The molecule has 18 heavy (non-hydrogen) atoms. The zero-order valence-electron chi connectivity index (χ0n) is 10.8. The number of rotatable bonds is 4. The van der Waals surface area contributed by atoms with Crippen LogP contribution in [0.3, 0.4) is 0 Å². The Morgan fingerprint density at radius 2 is 2.11 bits per heavy atom. The second-order valence-electron chi connectivity index (χ2n) is 5.52. The molecule has 0 aromatic rings. The van der Waals surface area contributed by atoms with Crippen molar-refractivity contribution in [2.75, 3.05) is 6.54 Å². The molecule has 0 aromatic heterocycles. The van der Waals surface area contributed by atoms with Crippen LogP contribution in [0.15, 0.2) is 0 Å². The van der Waals surface area contributed by atoms with E-state index < -0.39 is 24.2 Å². The first kappa shape index (κ1) is 15.3. The minimum atomic E-state index is -4.33. The third kappa shape index (κ3) is 3.86. The number of carbonyl (C=O) groups is 1. The van der Waals surface area contributed by atoms with E-state index in [1.54, 1.807) is 0 Å². The fourth-order valence-corrected chi connectivity index (χ4v) is 2.63. The molecular weight excluding hydrogens is 245 g/mol. The van der Waals surface area contributed by atoms with E-state index in [-0.39, 0.29) is 5.92 Å². The van der Waals surface area contributed by atoms with Gasteiger partial charge in [-0.3, -0.25) is 10.1 Å². The van der Waals surface area contributed by atoms with Crippen LogP contribution in [0.2, 0.25) is 0 Å². The molecule has 0 bridgehead atoms. The van der Waals surface area contributed by atoms with Crippen molar-refractivity contribution in [2.24, 2.45) is 17.6 Å². The van der Waals surface area contributed by atoms with Crippen molar-refractivity contribution in [3.8, 4) is 0 Å². The summed E-state index contributed by atoms with van der Waals surface area (Å²) in [7, 11) is 0. The molecule has 3 nitrogen and oxygen atoms in total. The minimum Gasteiger partial charge on any atom is -0.368 e. The number of amides is 1. The molecule has 106 valence electrons. The fourth-order valence-electron chi connectivity index (χ4n) is 2.63. The Bertz CT molecular complexity index is 304. The van der Waals surface area contributed by atoms with E-state index >= 15 is 0 Å². The van der Waals surface area contributed by atoms with Gasteiger partial charge in [-0.15, -0.1) is 0 Å². The second-order valence-corrected chi connectivity index (χ2v) is 5.52. The lowest BCUT2D eigenvalue weighted by Crippen LogP contribution is -2.60. The van der Waals surface area contributed by atoms with Gasteiger partial charge in [0.05, 0.1) is 12.1 Å². The number of nitrogens with one attached hydrogen (secondary N) is 1. The van der Waals surface area contributed by atoms with Crippen LogP contribution < -0.4 is 11.1 Å². The molecule has 0 radical (unpaired) electrons. The van der Waals surface area contributed by atoms with Crippen LogP contribution in [-0.2, 0) is 4.79 Å². The average molecular weight is 266 g/mol. The Kier molecular flexibility index (Phi) is 4.64. The van der Waals surface area contributed by atoms with Gasteiger partial charge in [-0.25, -0.2) is 0 Å². The van der Waals surface area contributed by atoms with E-state index in [4.69, 9.17) is 5.73 Å². The number of carbonyl (C=O) groups excluding carboxylic acids is 1. The molecule has 1 saturated carbocycles. The second kappa shape index (κ2) is 5.47. The Morgan fingerprint density at radius 3 is 2.56 bits per heavy atom. The number of primary amides is 1. The topological polar surface area (TPSA) is 55.1 Å². The van der Waals surface area contributed by atoms with Crippen molar-refractivity contribution in [3.05, 3.63) is 0 Å². The van der Waals surface area contributed by atoms with Crippen molar-refractivity contribution in [2.45, 2.75) is 51.2 Å². The van der Waals surface area contributed by atoms with Gasteiger partial charge in [0.15, 0.2) is 0 Å². The summed E-state index contributed by atoms with van der Waals surface area (Å²) in [5, 5.41) is 2.36. The van der Waals surface area contributed by atoms with Gasteiger partial charge in [-0.05, 0) is 24.7 Å². The van der Waals surface area contributed by atoms with Crippen LogP contribution in [-0.4, -0.2) is 24.2 Å². The average Bonchev–Trinajstić information content (AvgIpc) is 2.25. The third-order valence-corrected chi connectivity index (χ3v) is 3.83. The quantitative estimate of drug-likeness (QED) is 0.819. The van der Waals surface area contributed by atoms with E-state index in [2.05, 4.69) is 5.32 Å². The molecule has 0 saturated heterocycles. The molecule has 1 rings (SSSR count). The Morgan fingerprint density at radius 1 is 1.50 bits per heavy atom. The van der Waals surface area contributed by atoms with Crippen molar-refractivity contribution in [1.29, 1.82) is 0 Å². The zero-order valence-corrected chi connectivity index (χ0v) is 10.8. The number of hydrogen-bond acceptors (Lipinski definition) is 2. The maximum atomic E-state index is 12.3.